The standard InChI is InChI=1S/C54H56B2N4O2/c1-3-5-7-9-35-61-51-37-46(42-29-25-40(26-30-42)32-34-56-59-49-21-13-17-44-18-14-22-50(60-56)54(44)49)52(62-36-10-8-6-4-2)38-45(51)41-27-23-39(24-28-41)31-33-55-57-47-19-11-15-43-16-12-20-48(58-55)53(43)47/h11-34,37-38,57-60H,3-10,35-36H2,1-2H3/b33-31+,34-32+. The maximum Gasteiger partial charge on any atom is 0.398 e. The molecule has 0 atom stereocenters. The zero-order valence-electron chi connectivity index (χ0n) is 36.1. The van der Waals surface area contributed by atoms with E-state index in [4.69, 9.17) is 9.47 Å². The largest absolute Gasteiger partial charge is 0.493 e. The van der Waals surface area contributed by atoms with Crippen molar-refractivity contribution in [3.8, 4) is 33.8 Å². The second-order valence-corrected chi connectivity index (χ2v) is 16.6. The summed E-state index contributed by atoms with van der Waals surface area (Å²) in [4.78, 5) is 0. The SMILES string of the molecule is CCCCCCOc1cc(-c2ccc(/C=C/B3Nc4cccc5cccc(c45)N3)cc2)c(OCCCCCC)cc1-c1ccc(/C=C/B2Nc3cccc4cccc(c34)N2)cc1. The normalized spacial score (nSPS) is 13.0. The molecule has 62 heavy (non-hydrogen) atoms. The highest BCUT2D eigenvalue weighted by atomic mass is 16.5. The van der Waals surface area contributed by atoms with Crippen LogP contribution in [0.15, 0.2) is 145 Å². The van der Waals surface area contributed by atoms with Crippen molar-refractivity contribution in [2.45, 2.75) is 65.2 Å². The lowest BCUT2D eigenvalue weighted by Crippen LogP contribution is -2.35. The van der Waals surface area contributed by atoms with Crippen molar-refractivity contribution in [2.75, 3.05) is 34.1 Å². The zero-order valence-corrected chi connectivity index (χ0v) is 36.1. The Morgan fingerprint density at radius 1 is 0.435 bits per heavy atom. The Bertz CT molecular complexity index is 2430. The van der Waals surface area contributed by atoms with E-state index in [1.54, 1.807) is 0 Å². The Morgan fingerprint density at radius 3 is 1.16 bits per heavy atom. The molecule has 0 radical (unpaired) electrons. The van der Waals surface area contributed by atoms with Crippen LogP contribution in [-0.4, -0.2) is 27.2 Å². The predicted octanol–water partition coefficient (Wildman–Crippen LogP) is 14.4. The smallest absolute Gasteiger partial charge is 0.398 e. The number of ether oxygens (including phenoxy) is 2. The molecular weight excluding hydrogens is 758 g/mol. The predicted molar refractivity (Wildman–Crippen MR) is 269 cm³/mol. The van der Waals surface area contributed by atoms with E-state index in [-0.39, 0.29) is 14.0 Å². The third kappa shape index (κ3) is 9.35. The van der Waals surface area contributed by atoms with Crippen molar-refractivity contribution < 1.29 is 9.47 Å². The van der Waals surface area contributed by atoms with Crippen LogP contribution in [-0.2, 0) is 0 Å². The van der Waals surface area contributed by atoms with Crippen LogP contribution in [0.2, 0.25) is 0 Å². The van der Waals surface area contributed by atoms with Crippen LogP contribution < -0.4 is 30.4 Å². The van der Waals surface area contributed by atoms with Crippen LogP contribution in [0.4, 0.5) is 22.7 Å². The molecule has 0 saturated carbocycles. The molecule has 0 amide bonds. The second-order valence-electron chi connectivity index (χ2n) is 16.6. The average Bonchev–Trinajstić information content (AvgIpc) is 3.31. The molecule has 310 valence electrons. The molecule has 8 heteroatoms. The van der Waals surface area contributed by atoms with Crippen LogP contribution in [0.1, 0.15) is 76.3 Å². The molecule has 0 saturated heterocycles. The summed E-state index contributed by atoms with van der Waals surface area (Å²) in [5.74, 6) is 6.15. The number of rotatable bonds is 18. The van der Waals surface area contributed by atoms with Crippen LogP contribution in [0.5, 0.6) is 11.5 Å². The van der Waals surface area contributed by atoms with Crippen LogP contribution in [0, 0.1) is 0 Å². The first-order valence-corrected chi connectivity index (χ1v) is 22.7. The van der Waals surface area contributed by atoms with Crippen LogP contribution >= 0.6 is 0 Å². The van der Waals surface area contributed by atoms with E-state index < -0.39 is 0 Å². The van der Waals surface area contributed by atoms with Gasteiger partial charge in [-0.25, -0.2) is 0 Å². The molecular formula is C54H56B2N4O2. The molecule has 4 N–H and O–H groups in total. The molecule has 0 bridgehead atoms. The first-order chi connectivity index (χ1) is 30.6. The van der Waals surface area contributed by atoms with Gasteiger partial charge < -0.3 is 30.4 Å². The molecule has 0 spiro atoms. The summed E-state index contributed by atoms with van der Waals surface area (Å²) in [6.07, 6.45) is 13.6. The van der Waals surface area contributed by atoms with Crippen molar-refractivity contribution >= 4 is 70.4 Å². The maximum absolute atomic E-state index is 6.69. The van der Waals surface area contributed by atoms with Crippen molar-refractivity contribution in [1.82, 2.24) is 0 Å². The van der Waals surface area contributed by atoms with Gasteiger partial charge in [0.25, 0.3) is 0 Å². The highest BCUT2D eigenvalue weighted by molar-refractivity contribution is 6.73. The van der Waals surface area contributed by atoms with Gasteiger partial charge in [-0.3, -0.25) is 0 Å². The van der Waals surface area contributed by atoms with Gasteiger partial charge in [-0.1, -0.05) is 174 Å². The van der Waals surface area contributed by atoms with Gasteiger partial charge in [0.15, 0.2) is 0 Å². The fourth-order valence-corrected chi connectivity index (χ4v) is 8.73. The Kier molecular flexibility index (Phi) is 12.8. The molecule has 2 heterocycles. The van der Waals surface area contributed by atoms with Crippen molar-refractivity contribution in [1.29, 1.82) is 0 Å². The number of benzene rings is 7. The highest BCUT2D eigenvalue weighted by Crippen LogP contribution is 2.42. The first-order valence-electron chi connectivity index (χ1n) is 22.7. The molecule has 9 rings (SSSR count). The maximum atomic E-state index is 6.69. The summed E-state index contributed by atoms with van der Waals surface area (Å²) in [5, 5.41) is 19.6. The minimum absolute atomic E-state index is 0.0163. The van der Waals surface area contributed by atoms with Crippen molar-refractivity contribution in [3.63, 3.8) is 0 Å². The Labute approximate surface area is 368 Å². The van der Waals surface area contributed by atoms with E-state index in [1.807, 2.05) is 0 Å². The highest BCUT2D eigenvalue weighted by Gasteiger charge is 2.23. The van der Waals surface area contributed by atoms with E-state index >= 15 is 0 Å². The van der Waals surface area contributed by atoms with Gasteiger partial charge in [0.05, 0.1) is 13.2 Å². The first kappa shape index (κ1) is 40.9. The Balaban J connectivity index is 0.964. The van der Waals surface area contributed by atoms with E-state index in [0.717, 1.165) is 93.3 Å². The summed E-state index contributed by atoms with van der Waals surface area (Å²) in [6.45, 7) is 5.81. The van der Waals surface area contributed by atoms with Crippen molar-refractivity contribution in [3.05, 3.63) is 157 Å². The summed E-state index contributed by atoms with van der Waals surface area (Å²) in [6, 6.07) is 47.7. The summed E-state index contributed by atoms with van der Waals surface area (Å²) >= 11 is 0. The van der Waals surface area contributed by atoms with E-state index in [9.17, 15) is 0 Å². The van der Waals surface area contributed by atoms with E-state index in [2.05, 4.69) is 192 Å². The molecule has 0 fully saturated rings. The number of anilines is 4. The summed E-state index contributed by atoms with van der Waals surface area (Å²) < 4.78 is 13.4. The summed E-state index contributed by atoms with van der Waals surface area (Å²) in [7, 11) is 0. The lowest BCUT2D eigenvalue weighted by atomic mass is 9.73. The van der Waals surface area contributed by atoms with Crippen LogP contribution in [0.3, 0.4) is 0 Å². The molecule has 6 nitrogen and oxygen atoms in total. The van der Waals surface area contributed by atoms with Gasteiger partial charge >= 0.3 is 14.0 Å². The molecule has 0 aromatic heterocycles. The quantitative estimate of drug-likeness (QED) is 0.0511. The monoisotopic (exact) mass is 814 g/mol. The average molecular weight is 815 g/mol. The van der Waals surface area contributed by atoms with Gasteiger partial charge in [-0.15, -0.1) is 0 Å². The fourth-order valence-electron chi connectivity index (χ4n) is 8.73. The van der Waals surface area contributed by atoms with Gasteiger partial charge in [-0.2, -0.15) is 0 Å². The Hall–Kier alpha value is -6.53. The Morgan fingerprint density at radius 2 is 0.806 bits per heavy atom. The molecule has 7 aromatic rings. The third-order valence-corrected chi connectivity index (χ3v) is 12.1. The number of hydrogen-bond donors (Lipinski definition) is 4. The minimum Gasteiger partial charge on any atom is -0.493 e. The van der Waals surface area contributed by atoms with Gasteiger partial charge in [0.1, 0.15) is 11.5 Å². The lowest BCUT2D eigenvalue weighted by Gasteiger charge is -2.24. The minimum atomic E-state index is -0.0163. The third-order valence-electron chi connectivity index (χ3n) is 12.1. The second kappa shape index (κ2) is 19.5. The number of hydrogen-bond acceptors (Lipinski definition) is 6. The molecule has 0 aliphatic carbocycles. The van der Waals surface area contributed by atoms with Crippen LogP contribution in [0.25, 0.3) is 56.0 Å². The van der Waals surface area contributed by atoms with Gasteiger partial charge in [0, 0.05) is 44.6 Å². The van der Waals surface area contributed by atoms with Gasteiger partial charge in [0.2, 0.25) is 0 Å². The van der Waals surface area contributed by atoms with Gasteiger partial charge in [-0.05, 0) is 82.3 Å². The molecule has 2 aliphatic rings. The zero-order chi connectivity index (χ0) is 42.1. The topological polar surface area (TPSA) is 66.6 Å². The van der Waals surface area contributed by atoms with Crippen molar-refractivity contribution in [2.24, 2.45) is 0 Å². The van der Waals surface area contributed by atoms with E-state index in [0.29, 0.717) is 13.2 Å². The summed E-state index contributed by atoms with van der Waals surface area (Å²) in [5.41, 5.74) is 11.2. The lowest BCUT2D eigenvalue weighted by molar-refractivity contribution is 0.299. The van der Waals surface area contributed by atoms with E-state index in [1.165, 1.54) is 47.2 Å². The molecule has 7 aromatic carbocycles. The molecule has 0 unspecified atom stereocenters. The molecule has 2 aliphatic heterocycles. The number of nitrogens with one attached hydrogen (secondary N) is 4. The number of unbranched alkanes of at least 4 members (excludes halogenated alkanes) is 6. The fraction of sp³-hybridized carbons (Fsp3) is 0.222.